The Bertz CT molecular complexity index is 577. The Hall–Kier alpha value is -0.610. The van der Waals surface area contributed by atoms with Crippen LogP contribution in [-0.4, -0.2) is 33.5 Å². The number of aliphatic hydroxyl groups is 2. The Morgan fingerprint density at radius 1 is 1.07 bits per heavy atom. The van der Waals surface area contributed by atoms with Crippen molar-refractivity contribution >= 4 is 5.97 Å². The largest absolute Gasteiger partial charge is 0.481 e. The first-order chi connectivity index (χ1) is 14.2. The highest BCUT2D eigenvalue weighted by Crippen LogP contribution is 2.63. The van der Waals surface area contributed by atoms with Crippen molar-refractivity contribution in [2.24, 2.45) is 46.8 Å². The lowest BCUT2D eigenvalue weighted by Gasteiger charge is -2.54. The first-order valence-electron chi connectivity index (χ1n) is 12.8. The highest BCUT2D eigenvalue weighted by Gasteiger charge is 2.57. The molecule has 3 unspecified atom stereocenters. The minimum Gasteiger partial charge on any atom is -0.481 e. The molecule has 3 aliphatic rings. The lowest BCUT2D eigenvalue weighted by atomic mass is 9.52. The zero-order valence-corrected chi connectivity index (χ0v) is 19.7. The second-order valence-electron chi connectivity index (χ2n) is 11.4. The Labute approximate surface area is 183 Å². The number of hydrogen-bond acceptors (Lipinski definition) is 3. The quantitative estimate of drug-likeness (QED) is 0.546. The minimum absolute atomic E-state index is 0.218. The van der Waals surface area contributed by atoms with E-state index in [0.29, 0.717) is 35.5 Å². The van der Waals surface area contributed by atoms with E-state index in [1.807, 2.05) is 0 Å². The van der Waals surface area contributed by atoms with Gasteiger partial charge in [-0.2, -0.15) is 0 Å². The Morgan fingerprint density at radius 2 is 1.77 bits per heavy atom. The fraction of sp³-hybridized carbons (Fsp3) is 0.962. The average molecular weight is 423 g/mol. The molecule has 3 fully saturated rings. The first-order valence-corrected chi connectivity index (χ1v) is 12.8. The standard InChI is InChI=1S/C26H46O4/c1-5-18-8-10-19(27)9-6-16(2)20-14-15-26(4)21(17(3)7-13-23(28)29)11-12-22(26)24(20)25(18)30/h16-22,24-25,27,30H,5-15H2,1-4H3,(H,28,29)/t16?,17-,18-,19-,20-,21?,22+,24-,25-,26?/m1/s1. The molecule has 0 radical (unpaired) electrons. The predicted molar refractivity (Wildman–Crippen MR) is 120 cm³/mol. The molecule has 30 heavy (non-hydrogen) atoms. The van der Waals surface area contributed by atoms with Crippen LogP contribution in [0.2, 0.25) is 0 Å². The summed E-state index contributed by atoms with van der Waals surface area (Å²) in [4.78, 5) is 11.1. The van der Waals surface area contributed by atoms with E-state index in [1.165, 1.54) is 25.7 Å². The molecule has 10 atom stereocenters. The molecule has 0 heterocycles. The summed E-state index contributed by atoms with van der Waals surface area (Å²) in [6, 6.07) is 0. The maximum atomic E-state index is 11.7. The van der Waals surface area contributed by atoms with Crippen molar-refractivity contribution in [3.8, 4) is 0 Å². The maximum Gasteiger partial charge on any atom is 0.303 e. The summed E-state index contributed by atoms with van der Waals surface area (Å²) in [5.41, 5.74) is 0.224. The average Bonchev–Trinajstić information content (AvgIpc) is 3.06. The number of aliphatic hydroxyl groups excluding tert-OH is 2. The van der Waals surface area contributed by atoms with E-state index < -0.39 is 5.97 Å². The lowest BCUT2D eigenvalue weighted by Crippen LogP contribution is -2.50. The number of rotatable bonds is 5. The molecule has 3 saturated carbocycles. The summed E-state index contributed by atoms with van der Waals surface area (Å²) in [5, 5.41) is 31.2. The van der Waals surface area contributed by atoms with Crippen LogP contribution >= 0.6 is 0 Å². The zero-order chi connectivity index (χ0) is 22.1. The van der Waals surface area contributed by atoms with Gasteiger partial charge in [-0.1, -0.05) is 34.1 Å². The number of fused-ring (bicyclic) bond motifs is 3. The van der Waals surface area contributed by atoms with Gasteiger partial charge in [0, 0.05) is 6.42 Å². The molecule has 0 aliphatic heterocycles. The smallest absolute Gasteiger partial charge is 0.303 e. The Morgan fingerprint density at radius 3 is 2.43 bits per heavy atom. The maximum absolute atomic E-state index is 11.7. The minimum atomic E-state index is -0.685. The van der Waals surface area contributed by atoms with Crippen molar-refractivity contribution in [3.05, 3.63) is 0 Å². The normalized spacial score (nSPS) is 45.9. The van der Waals surface area contributed by atoms with Gasteiger partial charge in [-0.3, -0.25) is 4.79 Å². The van der Waals surface area contributed by atoms with Gasteiger partial charge in [-0.25, -0.2) is 0 Å². The number of carbonyl (C=O) groups is 1. The van der Waals surface area contributed by atoms with Crippen molar-refractivity contribution in [2.75, 3.05) is 0 Å². The summed E-state index contributed by atoms with van der Waals surface area (Å²) < 4.78 is 0. The molecule has 4 nitrogen and oxygen atoms in total. The van der Waals surface area contributed by atoms with Gasteiger partial charge in [0.2, 0.25) is 0 Å². The number of aliphatic carboxylic acids is 1. The van der Waals surface area contributed by atoms with Crippen LogP contribution in [-0.2, 0) is 4.79 Å². The van der Waals surface area contributed by atoms with Gasteiger partial charge in [-0.15, -0.1) is 0 Å². The molecule has 0 aromatic heterocycles. The highest BCUT2D eigenvalue weighted by atomic mass is 16.4. The van der Waals surface area contributed by atoms with Crippen molar-refractivity contribution in [1.29, 1.82) is 0 Å². The van der Waals surface area contributed by atoms with Crippen LogP contribution in [0.5, 0.6) is 0 Å². The van der Waals surface area contributed by atoms with Crippen LogP contribution < -0.4 is 0 Å². The molecule has 4 heteroatoms. The molecule has 3 N–H and O–H groups in total. The van der Waals surface area contributed by atoms with Crippen molar-refractivity contribution in [2.45, 2.75) is 111 Å². The van der Waals surface area contributed by atoms with Gasteiger partial charge >= 0.3 is 5.97 Å². The third-order valence-corrected chi connectivity index (χ3v) is 9.92. The van der Waals surface area contributed by atoms with Gasteiger partial charge in [0.15, 0.2) is 0 Å². The van der Waals surface area contributed by atoms with Gasteiger partial charge in [0.1, 0.15) is 0 Å². The van der Waals surface area contributed by atoms with Crippen LogP contribution in [0.3, 0.4) is 0 Å². The summed E-state index contributed by atoms with van der Waals surface area (Å²) in [6.45, 7) is 9.27. The molecule has 0 aromatic carbocycles. The van der Waals surface area contributed by atoms with Gasteiger partial charge in [0.05, 0.1) is 12.2 Å². The van der Waals surface area contributed by atoms with Crippen LogP contribution in [0.1, 0.15) is 98.3 Å². The fourth-order valence-electron chi connectivity index (χ4n) is 8.06. The number of carboxylic acid groups (broad SMARTS) is 1. The van der Waals surface area contributed by atoms with Crippen LogP contribution in [0.25, 0.3) is 0 Å². The van der Waals surface area contributed by atoms with Gasteiger partial charge in [-0.05, 0) is 105 Å². The van der Waals surface area contributed by atoms with Gasteiger partial charge in [0.25, 0.3) is 0 Å². The van der Waals surface area contributed by atoms with Crippen molar-refractivity contribution in [1.82, 2.24) is 0 Å². The Kier molecular flexibility index (Phi) is 7.93. The summed E-state index contributed by atoms with van der Waals surface area (Å²) >= 11 is 0. The van der Waals surface area contributed by atoms with Crippen LogP contribution in [0, 0.1) is 46.8 Å². The van der Waals surface area contributed by atoms with Crippen LogP contribution in [0.4, 0.5) is 0 Å². The molecule has 0 bridgehead atoms. The molecule has 3 aliphatic carbocycles. The highest BCUT2D eigenvalue weighted by molar-refractivity contribution is 5.66. The lowest BCUT2D eigenvalue weighted by molar-refractivity contribution is -0.137. The van der Waals surface area contributed by atoms with Crippen molar-refractivity contribution in [3.63, 3.8) is 0 Å². The van der Waals surface area contributed by atoms with E-state index in [-0.39, 0.29) is 30.0 Å². The van der Waals surface area contributed by atoms with E-state index in [0.717, 1.165) is 38.5 Å². The van der Waals surface area contributed by atoms with Gasteiger partial charge < -0.3 is 15.3 Å². The second kappa shape index (κ2) is 9.90. The molecule has 3 rings (SSSR count). The monoisotopic (exact) mass is 422 g/mol. The molecule has 0 aromatic rings. The number of hydrogen-bond donors (Lipinski definition) is 3. The first kappa shape index (κ1) is 24.0. The third-order valence-electron chi connectivity index (χ3n) is 9.92. The zero-order valence-electron chi connectivity index (χ0n) is 19.7. The predicted octanol–water partition coefficient (Wildman–Crippen LogP) is 5.50. The van der Waals surface area contributed by atoms with Crippen molar-refractivity contribution < 1.29 is 20.1 Å². The summed E-state index contributed by atoms with van der Waals surface area (Å²) in [6.07, 6.45) is 9.97. The second-order valence-corrected chi connectivity index (χ2v) is 11.4. The molecule has 0 saturated heterocycles. The van der Waals surface area contributed by atoms with E-state index in [2.05, 4.69) is 27.7 Å². The van der Waals surface area contributed by atoms with E-state index in [4.69, 9.17) is 5.11 Å². The molecular weight excluding hydrogens is 376 g/mol. The summed E-state index contributed by atoms with van der Waals surface area (Å²) in [5.74, 6) is 2.59. The van der Waals surface area contributed by atoms with Crippen LogP contribution in [0.15, 0.2) is 0 Å². The molecule has 0 amide bonds. The molecule has 174 valence electrons. The molecule has 0 spiro atoms. The Balaban J connectivity index is 1.85. The van der Waals surface area contributed by atoms with E-state index >= 15 is 0 Å². The summed E-state index contributed by atoms with van der Waals surface area (Å²) in [7, 11) is 0. The number of carboxylic acids is 1. The third kappa shape index (κ3) is 4.75. The van der Waals surface area contributed by atoms with E-state index in [1.54, 1.807) is 0 Å². The molecular formula is C26H46O4. The fourth-order valence-corrected chi connectivity index (χ4v) is 8.06. The SMILES string of the molecule is CC[C@@H]1CC[C@H](O)CCC(C)[C@H]2CCC3(C)C([C@H](C)CCC(=O)O)CC[C@H]3[C@@H]2[C@@H]1O. The topological polar surface area (TPSA) is 77.8 Å². The van der Waals surface area contributed by atoms with E-state index in [9.17, 15) is 15.0 Å².